The molecule has 0 aromatic rings. The topological polar surface area (TPSA) is 3.24 Å². The van der Waals surface area contributed by atoms with E-state index in [-0.39, 0.29) is 0 Å². The third-order valence-electron chi connectivity index (χ3n) is 1.89. The van der Waals surface area contributed by atoms with E-state index in [0.717, 1.165) is 0 Å². The minimum atomic E-state index is 0.445. The minimum Gasteiger partial charge on any atom is -0.306 e. The Morgan fingerprint density at radius 3 is 1.86 bits per heavy atom. The summed E-state index contributed by atoms with van der Waals surface area (Å²) in [5, 5.41) is 0. The lowest BCUT2D eigenvalue weighted by Crippen LogP contribution is -2.30. The summed E-state index contributed by atoms with van der Waals surface area (Å²) in [7, 11) is 2.22. The van der Waals surface area contributed by atoms with Crippen LogP contribution in [0.2, 0.25) is 0 Å². The maximum atomic E-state index is 2.44. The van der Waals surface area contributed by atoms with Crippen LogP contribution < -0.4 is 0 Å². The van der Waals surface area contributed by atoms with Gasteiger partial charge in [0.1, 0.15) is 0 Å². The molecule has 14 heavy (non-hydrogen) atoms. The zero-order valence-electron chi connectivity index (χ0n) is 11.5. The van der Waals surface area contributed by atoms with Gasteiger partial charge in [-0.2, -0.15) is 0 Å². The van der Waals surface area contributed by atoms with E-state index in [1.165, 1.54) is 32.4 Å². The SMILES string of the molecule is CC.CCCCCN(C)CC(C)(C)C. The second-order valence-corrected chi connectivity index (χ2v) is 5.01. The van der Waals surface area contributed by atoms with Crippen LogP contribution in [0.15, 0.2) is 0 Å². The Hall–Kier alpha value is -0.0400. The van der Waals surface area contributed by atoms with Gasteiger partial charge in [0.25, 0.3) is 0 Å². The highest BCUT2D eigenvalue weighted by molar-refractivity contribution is 4.66. The zero-order valence-corrected chi connectivity index (χ0v) is 11.5. The highest BCUT2D eigenvalue weighted by Gasteiger charge is 2.12. The average Bonchev–Trinajstić information content (AvgIpc) is 2.05. The molecule has 0 atom stereocenters. The van der Waals surface area contributed by atoms with Crippen LogP contribution in [0, 0.1) is 5.41 Å². The summed E-state index contributed by atoms with van der Waals surface area (Å²) in [4.78, 5) is 2.44. The third-order valence-corrected chi connectivity index (χ3v) is 1.89. The average molecular weight is 201 g/mol. The van der Waals surface area contributed by atoms with Crippen molar-refractivity contribution < 1.29 is 0 Å². The highest BCUT2D eigenvalue weighted by Crippen LogP contribution is 2.14. The molecule has 0 rings (SSSR count). The zero-order chi connectivity index (χ0) is 11.6. The molecule has 0 spiro atoms. The molecule has 0 saturated carbocycles. The molecule has 0 amide bonds. The van der Waals surface area contributed by atoms with Crippen molar-refractivity contribution in [3.05, 3.63) is 0 Å². The first-order valence-corrected chi connectivity index (χ1v) is 6.14. The summed E-state index contributed by atoms with van der Waals surface area (Å²) in [6.07, 6.45) is 4.04. The van der Waals surface area contributed by atoms with E-state index in [4.69, 9.17) is 0 Å². The Labute approximate surface area is 91.9 Å². The summed E-state index contributed by atoms with van der Waals surface area (Å²) in [6, 6.07) is 0. The molecule has 0 fully saturated rings. The fourth-order valence-corrected chi connectivity index (χ4v) is 1.52. The molecule has 0 N–H and O–H groups in total. The molecule has 0 aliphatic carbocycles. The van der Waals surface area contributed by atoms with Crippen molar-refractivity contribution in [2.24, 2.45) is 5.41 Å². The third kappa shape index (κ3) is 14.5. The smallest absolute Gasteiger partial charge is 0.00270 e. The van der Waals surface area contributed by atoms with Crippen LogP contribution in [-0.4, -0.2) is 25.0 Å². The molecular weight excluding hydrogens is 170 g/mol. The molecular formula is C13H31N. The molecule has 88 valence electrons. The fourth-order valence-electron chi connectivity index (χ4n) is 1.52. The van der Waals surface area contributed by atoms with E-state index in [1.807, 2.05) is 13.8 Å². The Morgan fingerprint density at radius 2 is 1.50 bits per heavy atom. The van der Waals surface area contributed by atoms with Crippen molar-refractivity contribution in [2.75, 3.05) is 20.1 Å². The second kappa shape index (κ2) is 9.51. The predicted octanol–water partition coefficient (Wildman–Crippen LogP) is 4.18. The summed E-state index contributed by atoms with van der Waals surface area (Å²) in [5.74, 6) is 0. The van der Waals surface area contributed by atoms with Crippen molar-refractivity contribution in [2.45, 2.75) is 60.8 Å². The molecule has 0 unspecified atom stereocenters. The van der Waals surface area contributed by atoms with Gasteiger partial charge in [-0.25, -0.2) is 0 Å². The van der Waals surface area contributed by atoms with Crippen LogP contribution in [0.3, 0.4) is 0 Å². The number of rotatable bonds is 5. The standard InChI is InChI=1S/C11H25N.C2H6/c1-6-7-8-9-12(5)10-11(2,3)4;1-2/h6-10H2,1-5H3;1-2H3. The Morgan fingerprint density at radius 1 is 1.00 bits per heavy atom. The van der Waals surface area contributed by atoms with E-state index in [9.17, 15) is 0 Å². The van der Waals surface area contributed by atoms with E-state index in [2.05, 4.69) is 39.6 Å². The number of hydrogen-bond donors (Lipinski definition) is 0. The summed E-state index contributed by atoms with van der Waals surface area (Å²) >= 11 is 0. The highest BCUT2D eigenvalue weighted by atomic mass is 15.1. The van der Waals surface area contributed by atoms with Crippen molar-refractivity contribution in [3.8, 4) is 0 Å². The molecule has 0 saturated heterocycles. The van der Waals surface area contributed by atoms with Gasteiger partial charge in [-0.1, -0.05) is 54.4 Å². The van der Waals surface area contributed by atoms with Gasteiger partial charge < -0.3 is 4.90 Å². The van der Waals surface area contributed by atoms with Gasteiger partial charge in [0, 0.05) is 6.54 Å². The van der Waals surface area contributed by atoms with Crippen LogP contribution in [0.5, 0.6) is 0 Å². The molecule has 0 aromatic heterocycles. The molecule has 0 aliphatic rings. The second-order valence-electron chi connectivity index (χ2n) is 5.01. The van der Waals surface area contributed by atoms with Gasteiger partial charge in [-0.3, -0.25) is 0 Å². The normalized spacial score (nSPS) is 11.1. The molecule has 0 bridgehead atoms. The van der Waals surface area contributed by atoms with E-state index < -0.39 is 0 Å². The summed E-state index contributed by atoms with van der Waals surface area (Å²) in [5.41, 5.74) is 0.445. The van der Waals surface area contributed by atoms with Crippen molar-refractivity contribution in [1.29, 1.82) is 0 Å². The van der Waals surface area contributed by atoms with Crippen molar-refractivity contribution in [3.63, 3.8) is 0 Å². The lowest BCUT2D eigenvalue weighted by molar-refractivity contribution is 0.224. The molecule has 1 nitrogen and oxygen atoms in total. The monoisotopic (exact) mass is 201 g/mol. The van der Waals surface area contributed by atoms with Crippen LogP contribution in [0.25, 0.3) is 0 Å². The molecule has 0 radical (unpaired) electrons. The summed E-state index contributed by atoms with van der Waals surface area (Å²) < 4.78 is 0. The van der Waals surface area contributed by atoms with Crippen LogP contribution in [0.4, 0.5) is 0 Å². The Kier molecular flexibility index (Phi) is 11.1. The van der Waals surface area contributed by atoms with Crippen LogP contribution >= 0.6 is 0 Å². The maximum Gasteiger partial charge on any atom is 0.00270 e. The fraction of sp³-hybridized carbons (Fsp3) is 1.00. The van der Waals surface area contributed by atoms with Gasteiger partial charge in [0.05, 0.1) is 0 Å². The van der Waals surface area contributed by atoms with Crippen molar-refractivity contribution >= 4 is 0 Å². The van der Waals surface area contributed by atoms with E-state index in [1.54, 1.807) is 0 Å². The largest absolute Gasteiger partial charge is 0.306 e. The van der Waals surface area contributed by atoms with Gasteiger partial charge in [0.2, 0.25) is 0 Å². The predicted molar refractivity (Wildman–Crippen MR) is 67.8 cm³/mol. The summed E-state index contributed by atoms with van der Waals surface area (Å²) in [6.45, 7) is 15.6. The minimum absolute atomic E-state index is 0.445. The molecule has 0 heterocycles. The van der Waals surface area contributed by atoms with Gasteiger partial charge in [-0.05, 0) is 25.4 Å². The van der Waals surface area contributed by atoms with E-state index >= 15 is 0 Å². The lowest BCUT2D eigenvalue weighted by atomic mass is 9.96. The lowest BCUT2D eigenvalue weighted by Gasteiger charge is -2.26. The first-order valence-electron chi connectivity index (χ1n) is 6.14. The quantitative estimate of drug-likeness (QED) is 0.603. The van der Waals surface area contributed by atoms with Crippen LogP contribution in [-0.2, 0) is 0 Å². The van der Waals surface area contributed by atoms with Gasteiger partial charge in [0.15, 0.2) is 0 Å². The van der Waals surface area contributed by atoms with E-state index in [0.29, 0.717) is 5.41 Å². The van der Waals surface area contributed by atoms with Gasteiger partial charge in [-0.15, -0.1) is 0 Å². The first-order chi connectivity index (χ1) is 6.45. The first kappa shape index (κ1) is 16.4. The van der Waals surface area contributed by atoms with Gasteiger partial charge >= 0.3 is 0 Å². The van der Waals surface area contributed by atoms with Crippen molar-refractivity contribution in [1.82, 2.24) is 4.90 Å². The molecule has 0 aliphatic heterocycles. The Bertz CT molecular complexity index is 102. The molecule has 1 heteroatoms. The Balaban J connectivity index is 0. The number of nitrogens with zero attached hydrogens (tertiary/aromatic N) is 1. The van der Waals surface area contributed by atoms with Crippen LogP contribution in [0.1, 0.15) is 60.8 Å². The number of hydrogen-bond acceptors (Lipinski definition) is 1. The molecule has 0 aromatic carbocycles. The number of unbranched alkanes of at least 4 members (excludes halogenated alkanes) is 2. The maximum absolute atomic E-state index is 2.44.